The number of hydrogen-bond donors (Lipinski definition) is 3. The Morgan fingerprint density at radius 3 is 2.18 bits per heavy atom. The first-order chi connectivity index (χ1) is 20.6. The average Bonchev–Trinajstić information content (AvgIpc) is 3.36. The highest BCUT2D eigenvalue weighted by molar-refractivity contribution is 5.87. The Hall–Kier alpha value is -1.88. The fourth-order valence-electron chi connectivity index (χ4n) is 13.5. The second-order valence-electron chi connectivity index (χ2n) is 17.7. The summed E-state index contributed by atoms with van der Waals surface area (Å²) in [5, 5.41) is 16.2. The lowest BCUT2D eigenvalue weighted by molar-refractivity contribution is -0.235. The number of carboxylic acid groups (broad SMARTS) is 1. The van der Waals surface area contributed by atoms with E-state index in [-0.39, 0.29) is 16.9 Å². The molecule has 0 aliphatic heterocycles. The maximum Gasteiger partial charge on any atom is 0.335 e. The number of likely N-dealkylation sites (N-methyl/N-ethyl adjacent to an activating group) is 1. The van der Waals surface area contributed by atoms with Crippen LogP contribution in [-0.4, -0.2) is 36.1 Å². The van der Waals surface area contributed by atoms with Gasteiger partial charge in [0.15, 0.2) is 0 Å². The molecule has 44 heavy (non-hydrogen) atoms. The molecule has 3 N–H and O–H groups in total. The van der Waals surface area contributed by atoms with Gasteiger partial charge >= 0.3 is 5.97 Å². The van der Waals surface area contributed by atoms with Crippen LogP contribution in [0, 0.1) is 57.2 Å². The van der Waals surface area contributed by atoms with Crippen molar-refractivity contribution in [1.29, 1.82) is 0 Å². The van der Waals surface area contributed by atoms with Crippen molar-refractivity contribution in [2.75, 3.05) is 13.6 Å². The van der Waals surface area contributed by atoms with E-state index in [0.717, 1.165) is 11.8 Å². The molecule has 244 valence electrons. The number of benzene rings is 1. The van der Waals surface area contributed by atoms with E-state index in [0.29, 0.717) is 57.9 Å². The highest BCUT2D eigenvalue weighted by Crippen LogP contribution is 2.77. The van der Waals surface area contributed by atoms with Crippen molar-refractivity contribution in [3.63, 3.8) is 0 Å². The maximum atomic E-state index is 12.4. The fraction of sp³-hybridized carbons (Fsp3) is 0.795. The molecule has 10 atom stereocenters. The Kier molecular flexibility index (Phi) is 7.91. The molecule has 1 amide bonds. The molecule has 5 nitrogen and oxygen atoms in total. The largest absolute Gasteiger partial charge is 0.478 e. The van der Waals surface area contributed by atoms with Crippen molar-refractivity contribution in [2.24, 2.45) is 57.2 Å². The van der Waals surface area contributed by atoms with Gasteiger partial charge < -0.3 is 15.7 Å². The van der Waals surface area contributed by atoms with Crippen molar-refractivity contribution in [3.8, 4) is 0 Å². The van der Waals surface area contributed by atoms with Crippen LogP contribution >= 0.6 is 0 Å². The molecule has 1 aromatic carbocycles. The predicted molar refractivity (Wildman–Crippen MR) is 178 cm³/mol. The molecule has 5 aliphatic rings. The molecule has 6 rings (SSSR count). The number of rotatable bonds is 6. The zero-order valence-corrected chi connectivity index (χ0v) is 28.9. The summed E-state index contributed by atoms with van der Waals surface area (Å²) in [5.74, 6) is 3.88. The minimum Gasteiger partial charge on any atom is -0.478 e. The summed E-state index contributed by atoms with van der Waals surface area (Å²) in [6, 6.07) is 7.80. The van der Waals surface area contributed by atoms with Crippen LogP contribution in [0.1, 0.15) is 135 Å². The Labute approximate surface area is 267 Å². The van der Waals surface area contributed by atoms with Crippen LogP contribution in [-0.2, 0) is 4.79 Å². The van der Waals surface area contributed by atoms with E-state index in [1.165, 1.54) is 69.8 Å². The van der Waals surface area contributed by atoms with Crippen LogP contribution in [0.25, 0.3) is 0 Å². The number of carboxylic acids is 1. The maximum absolute atomic E-state index is 12.4. The van der Waals surface area contributed by atoms with Crippen LogP contribution in [0.2, 0.25) is 0 Å². The molecule has 1 aromatic rings. The first kappa shape index (κ1) is 32.1. The third-order valence-electron chi connectivity index (χ3n) is 15.8. The minimum atomic E-state index is -0.845. The van der Waals surface area contributed by atoms with Crippen LogP contribution in [0.5, 0.6) is 0 Å². The molecule has 0 spiro atoms. The lowest BCUT2D eigenvalue weighted by Gasteiger charge is -2.73. The number of carbonyl (C=O) groups is 2. The molecule has 0 aromatic heterocycles. The number of hydrogen-bond acceptors (Lipinski definition) is 3. The van der Waals surface area contributed by atoms with Gasteiger partial charge in [0.1, 0.15) is 0 Å². The third kappa shape index (κ3) is 4.48. The second-order valence-corrected chi connectivity index (χ2v) is 17.7. The van der Waals surface area contributed by atoms with E-state index in [2.05, 4.69) is 71.2 Å². The van der Waals surface area contributed by atoms with Crippen molar-refractivity contribution in [2.45, 2.75) is 124 Å². The third-order valence-corrected chi connectivity index (χ3v) is 15.8. The summed E-state index contributed by atoms with van der Waals surface area (Å²) in [6.07, 6.45) is 12.7. The topological polar surface area (TPSA) is 78.4 Å². The van der Waals surface area contributed by atoms with Gasteiger partial charge in [0, 0.05) is 12.6 Å². The minimum absolute atomic E-state index is 0.103. The first-order valence-electron chi connectivity index (χ1n) is 17.9. The van der Waals surface area contributed by atoms with Gasteiger partial charge in [-0.15, -0.1) is 0 Å². The Morgan fingerprint density at radius 1 is 0.841 bits per heavy atom. The molecule has 0 heterocycles. The van der Waals surface area contributed by atoms with E-state index >= 15 is 0 Å². The van der Waals surface area contributed by atoms with E-state index in [1.54, 1.807) is 7.05 Å². The van der Waals surface area contributed by atoms with Crippen molar-refractivity contribution in [1.82, 2.24) is 10.6 Å². The summed E-state index contributed by atoms with van der Waals surface area (Å²) in [4.78, 5) is 23.9. The zero-order valence-electron chi connectivity index (χ0n) is 28.9. The zero-order chi connectivity index (χ0) is 31.9. The number of carbonyl (C=O) groups excluding carboxylic acids is 1. The first-order valence-corrected chi connectivity index (χ1v) is 17.9. The van der Waals surface area contributed by atoms with Crippen LogP contribution in [0.4, 0.5) is 0 Å². The SMILES string of the molecule is CNC(=O)CN[C@]12CC[C@@H](C(C)C)C1[C@H]1CCC3[C@@]4(C)CC[C@H](c5ccc(C(=O)O)cc5)C(C)(C)C4CC[C@@]3(C)[C@]1(C)CC2. The van der Waals surface area contributed by atoms with E-state index in [1.807, 2.05) is 12.1 Å². The molecule has 0 radical (unpaired) electrons. The van der Waals surface area contributed by atoms with Gasteiger partial charge in [-0.1, -0.05) is 60.6 Å². The van der Waals surface area contributed by atoms with E-state index < -0.39 is 5.97 Å². The summed E-state index contributed by atoms with van der Waals surface area (Å²) in [5.41, 5.74) is 2.93. The molecule has 5 aliphatic carbocycles. The predicted octanol–water partition coefficient (Wildman–Crippen LogP) is 8.29. The van der Waals surface area contributed by atoms with Crippen LogP contribution < -0.4 is 10.6 Å². The van der Waals surface area contributed by atoms with Gasteiger partial charge in [-0.05, 0) is 145 Å². The normalized spacial score (nSPS) is 44.2. The summed E-state index contributed by atoms with van der Waals surface area (Å²) in [6.45, 7) is 18.5. The van der Waals surface area contributed by atoms with Gasteiger partial charge in [-0.25, -0.2) is 4.79 Å². The molecule has 5 heteroatoms. The molecule has 0 bridgehead atoms. The van der Waals surface area contributed by atoms with Crippen molar-refractivity contribution >= 4 is 11.9 Å². The second kappa shape index (κ2) is 10.8. The van der Waals surface area contributed by atoms with Crippen LogP contribution in [0.3, 0.4) is 0 Å². The van der Waals surface area contributed by atoms with Gasteiger partial charge in [-0.2, -0.15) is 0 Å². The fourth-order valence-corrected chi connectivity index (χ4v) is 13.5. The lowest BCUT2D eigenvalue weighted by atomic mass is 9.32. The van der Waals surface area contributed by atoms with Gasteiger partial charge in [0.25, 0.3) is 0 Å². The molecule has 0 saturated heterocycles. The number of aromatic carboxylic acids is 1. The summed E-state index contributed by atoms with van der Waals surface area (Å²) < 4.78 is 0. The van der Waals surface area contributed by atoms with E-state index in [9.17, 15) is 14.7 Å². The van der Waals surface area contributed by atoms with Crippen LogP contribution in [0.15, 0.2) is 24.3 Å². The lowest BCUT2D eigenvalue weighted by Crippen LogP contribution is -2.68. The van der Waals surface area contributed by atoms with Gasteiger partial charge in [0.2, 0.25) is 5.91 Å². The van der Waals surface area contributed by atoms with Crippen molar-refractivity contribution < 1.29 is 14.7 Å². The Morgan fingerprint density at radius 2 is 1.55 bits per heavy atom. The number of fused-ring (bicyclic) bond motifs is 7. The molecular weight excluding hydrogens is 544 g/mol. The number of amides is 1. The van der Waals surface area contributed by atoms with Gasteiger partial charge in [-0.3, -0.25) is 4.79 Å². The molecule has 3 unspecified atom stereocenters. The Balaban J connectivity index is 1.30. The molecular formula is C39H60N2O3. The number of nitrogens with one attached hydrogen (secondary N) is 2. The van der Waals surface area contributed by atoms with E-state index in [4.69, 9.17) is 0 Å². The summed E-state index contributed by atoms with van der Waals surface area (Å²) in [7, 11) is 1.76. The highest BCUT2D eigenvalue weighted by atomic mass is 16.4. The monoisotopic (exact) mass is 604 g/mol. The Bertz CT molecular complexity index is 1270. The average molecular weight is 605 g/mol. The molecule has 5 fully saturated rings. The van der Waals surface area contributed by atoms with Crippen molar-refractivity contribution in [3.05, 3.63) is 35.4 Å². The quantitative estimate of drug-likeness (QED) is 0.305. The highest BCUT2D eigenvalue weighted by Gasteiger charge is 2.71. The summed E-state index contributed by atoms with van der Waals surface area (Å²) >= 11 is 0. The smallest absolute Gasteiger partial charge is 0.335 e. The standard InChI is InChI=1S/C39H60N2O3/c1-24(2)27-15-20-39(41-23-32(42)40-8)22-21-37(6)29(33(27)39)13-14-31-36(5)18-16-28(25-9-11-26(12-10-25)34(43)44)35(3,4)30(36)17-19-38(31,37)7/h9-12,24,27-31,33,41H,13-23H2,1-8H3,(H,40,42)(H,43,44)/t27-,28+,29+,30?,31?,33?,36-,37+,38+,39-/m0/s1. The molecule has 5 saturated carbocycles. The van der Waals surface area contributed by atoms with Gasteiger partial charge in [0.05, 0.1) is 12.1 Å².